The molecule has 152 valence electrons. The number of likely N-dealkylation sites (N-methyl/N-ethyl adjacent to an activating group) is 1. The number of carbonyl (C=O) groups is 2. The number of ketones is 1. The number of benzene rings is 2. The number of carbonyl (C=O) groups excluding carboxylic acids is 2. The summed E-state index contributed by atoms with van der Waals surface area (Å²) in [6.45, 7) is 1.01. The third-order valence-corrected chi connectivity index (χ3v) is 5.10. The van der Waals surface area contributed by atoms with Crippen LogP contribution in [0.4, 0.5) is 5.69 Å². The molecule has 1 saturated heterocycles. The number of likely N-dealkylation sites (tertiary alicyclic amines) is 1. The van der Waals surface area contributed by atoms with E-state index < -0.39 is 17.7 Å². The van der Waals surface area contributed by atoms with Gasteiger partial charge in [0.2, 0.25) is 0 Å². The first kappa shape index (κ1) is 20.6. The van der Waals surface area contributed by atoms with Gasteiger partial charge in [0.25, 0.3) is 11.7 Å². The molecule has 2 aromatic carbocycles. The Kier molecular flexibility index (Phi) is 6.03. The zero-order valence-electron chi connectivity index (χ0n) is 17.3. The van der Waals surface area contributed by atoms with Crippen LogP contribution in [0.15, 0.2) is 60.2 Å². The van der Waals surface area contributed by atoms with Crippen LogP contribution in [-0.4, -0.2) is 67.9 Å². The summed E-state index contributed by atoms with van der Waals surface area (Å²) >= 11 is 0. The molecule has 1 aliphatic rings. The van der Waals surface area contributed by atoms with Gasteiger partial charge in [-0.1, -0.05) is 42.5 Å². The third kappa shape index (κ3) is 4.17. The summed E-state index contributed by atoms with van der Waals surface area (Å²) in [4.78, 5) is 31.2. The van der Waals surface area contributed by atoms with Gasteiger partial charge in [-0.25, -0.2) is 0 Å². The number of aliphatic hydroxyl groups is 1. The minimum absolute atomic E-state index is 0.137. The van der Waals surface area contributed by atoms with Crippen LogP contribution in [0, 0.1) is 0 Å². The number of hydrogen-bond acceptors (Lipinski definition) is 5. The Morgan fingerprint density at radius 2 is 1.59 bits per heavy atom. The first-order chi connectivity index (χ1) is 13.8. The van der Waals surface area contributed by atoms with E-state index in [9.17, 15) is 14.7 Å². The number of anilines is 1. The van der Waals surface area contributed by atoms with Crippen LogP contribution in [0.2, 0.25) is 0 Å². The largest absolute Gasteiger partial charge is 0.507 e. The Bertz CT molecular complexity index is 918. The molecule has 0 aliphatic carbocycles. The zero-order chi connectivity index (χ0) is 21.1. The molecule has 1 amide bonds. The van der Waals surface area contributed by atoms with Crippen LogP contribution < -0.4 is 4.90 Å². The van der Waals surface area contributed by atoms with Crippen molar-refractivity contribution in [3.63, 3.8) is 0 Å². The molecule has 1 heterocycles. The predicted octanol–water partition coefficient (Wildman–Crippen LogP) is 2.74. The molecule has 0 aromatic heterocycles. The first-order valence-electron chi connectivity index (χ1n) is 9.57. The molecule has 1 N–H and O–H groups in total. The maximum Gasteiger partial charge on any atom is 0.295 e. The van der Waals surface area contributed by atoms with Crippen molar-refractivity contribution in [2.24, 2.45) is 0 Å². The molecule has 0 spiro atoms. The van der Waals surface area contributed by atoms with Gasteiger partial charge in [-0.3, -0.25) is 9.59 Å². The molecule has 0 unspecified atom stereocenters. The second kappa shape index (κ2) is 8.49. The maximum absolute atomic E-state index is 12.9. The second-order valence-electron chi connectivity index (χ2n) is 7.65. The summed E-state index contributed by atoms with van der Waals surface area (Å²) in [6, 6.07) is 16.0. The van der Waals surface area contributed by atoms with Gasteiger partial charge in [0.05, 0.1) is 11.6 Å². The summed E-state index contributed by atoms with van der Waals surface area (Å²) in [5.74, 6) is -1.36. The minimum Gasteiger partial charge on any atom is -0.507 e. The van der Waals surface area contributed by atoms with Gasteiger partial charge in [-0.2, -0.15) is 0 Å². The molecule has 1 fully saturated rings. The number of Topliss-reactive ketones (excluding diaryl/α,β-unsaturated/α-hetero) is 1. The minimum atomic E-state index is -0.646. The van der Waals surface area contributed by atoms with E-state index in [1.54, 1.807) is 29.2 Å². The van der Waals surface area contributed by atoms with Crippen molar-refractivity contribution in [2.75, 3.05) is 46.2 Å². The lowest BCUT2D eigenvalue weighted by molar-refractivity contribution is -0.140. The van der Waals surface area contributed by atoms with E-state index in [4.69, 9.17) is 0 Å². The fourth-order valence-electron chi connectivity index (χ4n) is 3.47. The van der Waals surface area contributed by atoms with E-state index in [2.05, 4.69) is 0 Å². The molecule has 29 heavy (non-hydrogen) atoms. The lowest BCUT2D eigenvalue weighted by Crippen LogP contribution is -2.35. The molecule has 6 nitrogen and oxygen atoms in total. The van der Waals surface area contributed by atoms with Crippen LogP contribution >= 0.6 is 0 Å². The summed E-state index contributed by atoms with van der Waals surface area (Å²) in [6.07, 6.45) is 0. The smallest absolute Gasteiger partial charge is 0.295 e. The maximum atomic E-state index is 12.9. The Labute approximate surface area is 171 Å². The monoisotopic (exact) mass is 393 g/mol. The van der Waals surface area contributed by atoms with Gasteiger partial charge in [-0.05, 0) is 31.8 Å². The van der Waals surface area contributed by atoms with Crippen molar-refractivity contribution in [3.05, 3.63) is 71.3 Å². The van der Waals surface area contributed by atoms with Gasteiger partial charge >= 0.3 is 0 Å². The molecule has 1 atom stereocenters. The summed E-state index contributed by atoms with van der Waals surface area (Å²) in [5, 5.41) is 10.9. The fraction of sp³-hybridized carbons (Fsp3) is 0.304. The highest BCUT2D eigenvalue weighted by molar-refractivity contribution is 6.46. The van der Waals surface area contributed by atoms with Crippen LogP contribution in [0.3, 0.4) is 0 Å². The van der Waals surface area contributed by atoms with E-state index >= 15 is 0 Å². The van der Waals surface area contributed by atoms with Crippen molar-refractivity contribution in [2.45, 2.75) is 6.04 Å². The van der Waals surface area contributed by atoms with Gasteiger partial charge in [-0.15, -0.1) is 0 Å². The van der Waals surface area contributed by atoms with Gasteiger partial charge < -0.3 is 19.8 Å². The molecule has 0 saturated carbocycles. The molecule has 1 aliphatic heterocycles. The normalized spacial score (nSPS) is 18.5. The molecular weight excluding hydrogens is 366 g/mol. The quantitative estimate of drug-likeness (QED) is 0.464. The molecular formula is C23H27N3O3. The van der Waals surface area contributed by atoms with Crippen LogP contribution in [0.5, 0.6) is 0 Å². The summed E-state index contributed by atoms with van der Waals surface area (Å²) < 4.78 is 0. The third-order valence-electron chi connectivity index (χ3n) is 5.10. The molecule has 2 aromatic rings. The molecule has 6 heteroatoms. The number of nitrogens with zero attached hydrogens (tertiary/aromatic N) is 3. The van der Waals surface area contributed by atoms with Crippen LogP contribution in [-0.2, 0) is 9.59 Å². The Hall–Kier alpha value is -3.12. The SMILES string of the molecule is CN(C)CCN1C(=O)C(=O)C(=C(O)c2ccccc2)[C@@H]1c1ccc(N(C)C)cc1. The number of aliphatic hydroxyl groups excluding tert-OH is 1. The number of amides is 1. The lowest BCUT2D eigenvalue weighted by atomic mass is 9.95. The van der Waals surface area contributed by atoms with E-state index in [1.165, 1.54) is 0 Å². The van der Waals surface area contributed by atoms with Gasteiger partial charge in [0.1, 0.15) is 5.76 Å². The molecule has 3 rings (SSSR count). The second-order valence-corrected chi connectivity index (χ2v) is 7.65. The molecule has 0 bridgehead atoms. The van der Waals surface area contributed by atoms with E-state index in [0.29, 0.717) is 18.7 Å². The van der Waals surface area contributed by atoms with E-state index in [-0.39, 0.29) is 11.3 Å². The van der Waals surface area contributed by atoms with Crippen molar-refractivity contribution < 1.29 is 14.7 Å². The molecule has 0 radical (unpaired) electrons. The average molecular weight is 393 g/mol. The average Bonchev–Trinajstić information content (AvgIpc) is 2.97. The van der Waals surface area contributed by atoms with E-state index in [0.717, 1.165) is 11.3 Å². The van der Waals surface area contributed by atoms with Gasteiger partial charge in [0.15, 0.2) is 0 Å². The number of rotatable bonds is 6. The zero-order valence-corrected chi connectivity index (χ0v) is 17.3. The fourth-order valence-corrected chi connectivity index (χ4v) is 3.47. The highest BCUT2D eigenvalue weighted by Gasteiger charge is 2.45. The Morgan fingerprint density at radius 1 is 0.966 bits per heavy atom. The van der Waals surface area contributed by atoms with Crippen molar-refractivity contribution >= 4 is 23.1 Å². The standard InChI is InChI=1S/C23H27N3O3/c1-24(2)14-15-26-20(16-10-12-18(13-11-16)25(3)4)19(22(28)23(26)29)21(27)17-8-6-5-7-9-17/h5-13,20,27H,14-15H2,1-4H3/t20-/m0/s1. The summed E-state index contributed by atoms with van der Waals surface area (Å²) in [5.41, 5.74) is 2.47. The highest BCUT2D eigenvalue weighted by Crippen LogP contribution is 2.39. The van der Waals surface area contributed by atoms with Crippen LogP contribution in [0.1, 0.15) is 17.2 Å². The lowest BCUT2D eigenvalue weighted by Gasteiger charge is -2.27. The van der Waals surface area contributed by atoms with E-state index in [1.807, 2.05) is 68.3 Å². The predicted molar refractivity (Wildman–Crippen MR) is 115 cm³/mol. The van der Waals surface area contributed by atoms with Crippen LogP contribution in [0.25, 0.3) is 5.76 Å². The Balaban J connectivity index is 2.11. The van der Waals surface area contributed by atoms with Gasteiger partial charge in [0, 0.05) is 38.4 Å². The number of hydrogen-bond donors (Lipinski definition) is 1. The summed E-state index contributed by atoms with van der Waals surface area (Å²) in [7, 11) is 7.74. The van der Waals surface area contributed by atoms with Crippen molar-refractivity contribution in [1.82, 2.24) is 9.80 Å². The topological polar surface area (TPSA) is 64.1 Å². The van der Waals surface area contributed by atoms with Crippen molar-refractivity contribution in [3.8, 4) is 0 Å². The Morgan fingerprint density at radius 3 is 2.14 bits per heavy atom. The van der Waals surface area contributed by atoms with Crippen molar-refractivity contribution in [1.29, 1.82) is 0 Å². The highest BCUT2D eigenvalue weighted by atomic mass is 16.3. The first-order valence-corrected chi connectivity index (χ1v) is 9.57.